The molecule has 0 saturated carbocycles. The first kappa shape index (κ1) is 11.0. The van der Waals surface area contributed by atoms with Crippen LogP contribution in [0.1, 0.15) is 20.3 Å². The van der Waals surface area contributed by atoms with E-state index >= 15 is 0 Å². The van der Waals surface area contributed by atoms with E-state index in [4.69, 9.17) is 4.74 Å². The summed E-state index contributed by atoms with van der Waals surface area (Å²) in [4.78, 5) is 13.5. The van der Waals surface area contributed by atoms with Gasteiger partial charge >= 0.3 is 6.09 Å². The molecule has 0 aliphatic carbocycles. The Kier molecular flexibility index (Phi) is 2.26. The minimum absolute atomic E-state index is 0.324. The van der Waals surface area contributed by atoms with Crippen molar-refractivity contribution in [3.05, 3.63) is 18.2 Å². The van der Waals surface area contributed by atoms with Crippen molar-refractivity contribution in [1.29, 1.82) is 0 Å². The van der Waals surface area contributed by atoms with E-state index in [2.05, 4.69) is 14.9 Å². The Morgan fingerprint density at radius 1 is 1.39 bits per heavy atom. The number of ether oxygens (including phenoxy) is 1. The van der Waals surface area contributed by atoms with Crippen molar-refractivity contribution in [1.82, 2.24) is 10.3 Å². The highest BCUT2D eigenvalue weighted by Gasteiger charge is 2.40. The average molecular weight is 247 g/mol. The molecule has 94 valence electrons. The van der Waals surface area contributed by atoms with E-state index in [9.17, 15) is 4.79 Å². The minimum atomic E-state index is -0.423. The van der Waals surface area contributed by atoms with Crippen molar-refractivity contribution in [2.45, 2.75) is 25.9 Å². The third-order valence-corrected chi connectivity index (χ3v) is 3.34. The van der Waals surface area contributed by atoms with Gasteiger partial charge < -0.3 is 4.74 Å². The van der Waals surface area contributed by atoms with Crippen molar-refractivity contribution in [2.24, 2.45) is 0 Å². The number of amides is 1. The lowest BCUT2D eigenvalue weighted by Crippen LogP contribution is -2.30. The molecule has 3 rings (SSSR count). The number of carbonyl (C=O) groups is 1. The molecule has 1 amide bonds. The normalized spacial score (nSPS) is 23.7. The maximum Gasteiger partial charge on any atom is 0.415 e. The molecule has 1 fully saturated rings. The van der Waals surface area contributed by atoms with Crippen LogP contribution in [0.25, 0.3) is 11.0 Å². The number of benzene rings is 1. The lowest BCUT2D eigenvalue weighted by atomic mass is 10.0. The maximum absolute atomic E-state index is 11.9. The molecular weight excluding hydrogens is 234 g/mol. The Hall–Kier alpha value is -2.11. The first-order valence-corrected chi connectivity index (χ1v) is 5.84. The number of rotatable bonds is 2. The van der Waals surface area contributed by atoms with Gasteiger partial charge in [-0.3, -0.25) is 4.90 Å². The van der Waals surface area contributed by atoms with Crippen LogP contribution >= 0.6 is 0 Å². The summed E-state index contributed by atoms with van der Waals surface area (Å²) in [7, 11) is 0. The fourth-order valence-corrected chi connectivity index (χ4v) is 2.02. The summed E-state index contributed by atoms with van der Waals surface area (Å²) in [5.74, 6) is 0. The number of cyclic esters (lactones) is 1. The van der Waals surface area contributed by atoms with Gasteiger partial charge in [-0.05, 0) is 41.9 Å². The summed E-state index contributed by atoms with van der Waals surface area (Å²) in [5.41, 5.74) is 1.63. The third-order valence-electron chi connectivity index (χ3n) is 3.34. The molecule has 2 aromatic rings. The van der Waals surface area contributed by atoms with Gasteiger partial charge in [0, 0.05) is 5.69 Å². The highest BCUT2D eigenvalue weighted by molar-refractivity contribution is 5.92. The van der Waals surface area contributed by atoms with Crippen molar-refractivity contribution in [3.8, 4) is 0 Å². The molecule has 0 bridgehead atoms. The second kappa shape index (κ2) is 3.69. The molecular formula is C12H13N3O3. The SMILES string of the molecule is CC[C@]1(C)CN(c2ccc3nonc3c2)C(=O)O1. The predicted octanol–water partition coefficient (Wildman–Crippen LogP) is 2.35. The molecule has 6 heteroatoms. The number of anilines is 1. The molecule has 1 aliphatic heterocycles. The molecule has 0 N–H and O–H groups in total. The van der Waals surface area contributed by atoms with Gasteiger partial charge in [0.2, 0.25) is 0 Å². The van der Waals surface area contributed by atoms with E-state index in [1.54, 1.807) is 17.0 Å². The number of hydrogen-bond acceptors (Lipinski definition) is 5. The van der Waals surface area contributed by atoms with Crippen molar-refractivity contribution >= 4 is 22.8 Å². The van der Waals surface area contributed by atoms with E-state index in [1.807, 2.05) is 19.9 Å². The summed E-state index contributed by atoms with van der Waals surface area (Å²) >= 11 is 0. The standard InChI is InChI=1S/C12H13N3O3/c1-3-12(2)7-15(11(16)17-12)8-4-5-9-10(6-8)14-18-13-9/h4-6H,3,7H2,1-2H3/t12-/m1/s1. The Labute approximate surface area is 103 Å². The smallest absolute Gasteiger partial charge is 0.415 e. The second-order valence-corrected chi connectivity index (χ2v) is 4.69. The van der Waals surface area contributed by atoms with Gasteiger partial charge in [-0.25, -0.2) is 9.42 Å². The largest absolute Gasteiger partial charge is 0.441 e. The van der Waals surface area contributed by atoms with Crippen LogP contribution in [-0.4, -0.2) is 28.6 Å². The van der Waals surface area contributed by atoms with Crippen LogP contribution in [0.5, 0.6) is 0 Å². The number of fused-ring (bicyclic) bond motifs is 1. The summed E-state index contributed by atoms with van der Waals surface area (Å²) < 4.78 is 10.0. The van der Waals surface area contributed by atoms with Crippen LogP contribution in [-0.2, 0) is 4.74 Å². The van der Waals surface area contributed by atoms with Gasteiger partial charge in [0.1, 0.15) is 16.6 Å². The zero-order valence-corrected chi connectivity index (χ0v) is 10.2. The summed E-state index contributed by atoms with van der Waals surface area (Å²) in [6.45, 7) is 4.47. The number of nitrogens with zero attached hydrogens (tertiary/aromatic N) is 3. The van der Waals surface area contributed by atoms with Gasteiger partial charge in [0.25, 0.3) is 0 Å². The van der Waals surface area contributed by atoms with Gasteiger partial charge in [-0.15, -0.1) is 0 Å². The molecule has 0 radical (unpaired) electrons. The Morgan fingerprint density at radius 2 is 2.17 bits per heavy atom. The Morgan fingerprint density at radius 3 is 2.89 bits per heavy atom. The average Bonchev–Trinajstić information content (AvgIpc) is 2.93. The van der Waals surface area contributed by atoms with Crippen LogP contribution in [0.2, 0.25) is 0 Å². The molecule has 18 heavy (non-hydrogen) atoms. The van der Waals surface area contributed by atoms with Crippen molar-refractivity contribution in [3.63, 3.8) is 0 Å². The molecule has 1 saturated heterocycles. The van der Waals surface area contributed by atoms with Crippen LogP contribution in [0.15, 0.2) is 22.8 Å². The van der Waals surface area contributed by atoms with E-state index < -0.39 is 5.60 Å². The molecule has 1 atom stereocenters. The maximum atomic E-state index is 11.9. The molecule has 6 nitrogen and oxygen atoms in total. The zero-order chi connectivity index (χ0) is 12.8. The Balaban J connectivity index is 1.97. The summed E-state index contributed by atoms with van der Waals surface area (Å²) in [5, 5.41) is 7.50. The monoisotopic (exact) mass is 247 g/mol. The van der Waals surface area contributed by atoms with Crippen molar-refractivity contribution in [2.75, 3.05) is 11.4 Å². The molecule has 0 unspecified atom stereocenters. The highest BCUT2D eigenvalue weighted by Crippen LogP contribution is 2.31. The fourth-order valence-electron chi connectivity index (χ4n) is 2.02. The lowest BCUT2D eigenvalue weighted by Gasteiger charge is -2.19. The van der Waals surface area contributed by atoms with Crippen LogP contribution in [0, 0.1) is 0 Å². The molecule has 2 heterocycles. The van der Waals surface area contributed by atoms with Crippen LogP contribution in [0.4, 0.5) is 10.5 Å². The van der Waals surface area contributed by atoms with Crippen molar-refractivity contribution < 1.29 is 14.2 Å². The van der Waals surface area contributed by atoms with E-state index in [-0.39, 0.29) is 6.09 Å². The quantitative estimate of drug-likeness (QED) is 0.814. The molecule has 1 aromatic carbocycles. The van der Waals surface area contributed by atoms with Crippen LogP contribution in [0.3, 0.4) is 0 Å². The molecule has 1 aromatic heterocycles. The van der Waals surface area contributed by atoms with Crippen LogP contribution < -0.4 is 4.90 Å². The van der Waals surface area contributed by atoms with Gasteiger partial charge in [0.15, 0.2) is 0 Å². The second-order valence-electron chi connectivity index (χ2n) is 4.69. The fraction of sp³-hybridized carbons (Fsp3) is 0.417. The first-order chi connectivity index (χ1) is 8.61. The minimum Gasteiger partial charge on any atom is -0.441 e. The summed E-state index contributed by atoms with van der Waals surface area (Å²) in [6, 6.07) is 5.36. The number of carbonyl (C=O) groups excluding carboxylic acids is 1. The van der Waals surface area contributed by atoms with Gasteiger partial charge in [-0.1, -0.05) is 6.92 Å². The van der Waals surface area contributed by atoms with Gasteiger partial charge in [-0.2, -0.15) is 0 Å². The molecule has 0 spiro atoms. The number of hydrogen-bond donors (Lipinski definition) is 0. The van der Waals surface area contributed by atoms with E-state index in [0.29, 0.717) is 17.6 Å². The third kappa shape index (κ3) is 1.61. The topological polar surface area (TPSA) is 68.5 Å². The number of aromatic nitrogens is 2. The molecule has 1 aliphatic rings. The first-order valence-electron chi connectivity index (χ1n) is 5.84. The zero-order valence-electron chi connectivity index (χ0n) is 10.2. The lowest BCUT2D eigenvalue weighted by molar-refractivity contribution is 0.0692. The van der Waals surface area contributed by atoms with E-state index in [1.165, 1.54) is 0 Å². The predicted molar refractivity (Wildman–Crippen MR) is 64.3 cm³/mol. The van der Waals surface area contributed by atoms with Gasteiger partial charge in [0.05, 0.1) is 6.54 Å². The highest BCUT2D eigenvalue weighted by atomic mass is 16.6. The Bertz CT molecular complexity index is 609. The summed E-state index contributed by atoms with van der Waals surface area (Å²) in [6.07, 6.45) is 0.457. The van der Waals surface area contributed by atoms with E-state index in [0.717, 1.165) is 12.1 Å².